The van der Waals surface area contributed by atoms with E-state index in [9.17, 15) is 4.79 Å². The number of piperidine rings is 1. The predicted octanol–water partition coefficient (Wildman–Crippen LogP) is 3.01. The third-order valence-corrected chi connectivity index (χ3v) is 5.07. The van der Waals surface area contributed by atoms with Crippen LogP contribution < -0.4 is 9.47 Å². The number of nitrogens with zero attached hydrogens (tertiary/aromatic N) is 1. The Hall–Kier alpha value is -1.75. The molecule has 5 nitrogen and oxygen atoms in total. The minimum Gasteiger partial charge on any atom is -0.496 e. The molecule has 0 amide bonds. The van der Waals surface area contributed by atoms with Crippen LogP contribution in [0.4, 0.5) is 0 Å². The van der Waals surface area contributed by atoms with Crippen molar-refractivity contribution in [3.8, 4) is 11.5 Å². The maximum absolute atomic E-state index is 11.9. The van der Waals surface area contributed by atoms with Gasteiger partial charge in [-0.1, -0.05) is 6.92 Å². The zero-order valence-corrected chi connectivity index (χ0v) is 15.4. The Kier molecular flexibility index (Phi) is 6.49. The maximum atomic E-state index is 11.9. The number of benzene rings is 1. The molecule has 1 heterocycles. The summed E-state index contributed by atoms with van der Waals surface area (Å²) in [6.45, 7) is 3.09. The summed E-state index contributed by atoms with van der Waals surface area (Å²) >= 11 is 0. The SMILES string of the molecule is CCc1c(OC)cc([C@@H]2CCCN(C)[C@@H]2CC(=O)OC)cc1OC. The van der Waals surface area contributed by atoms with Crippen LogP contribution in [0, 0.1) is 0 Å². The highest BCUT2D eigenvalue weighted by Gasteiger charge is 2.33. The molecule has 1 aliphatic heterocycles. The van der Waals surface area contributed by atoms with Crippen LogP contribution in [0.2, 0.25) is 0 Å². The second kappa shape index (κ2) is 8.38. The highest BCUT2D eigenvalue weighted by molar-refractivity contribution is 5.70. The summed E-state index contributed by atoms with van der Waals surface area (Å²) in [6, 6.07) is 4.35. The van der Waals surface area contributed by atoms with E-state index in [0.29, 0.717) is 6.42 Å². The number of carbonyl (C=O) groups is 1. The Morgan fingerprint density at radius 3 is 2.33 bits per heavy atom. The molecule has 1 saturated heterocycles. The number of esters is 1. The first-order chi connectivity index (χ1) is 11.5. The van der Waals surface area contributed by atoms with Crippen LogP contribution in [0.1, 0.15) is 43.2 Å². The minimum atomic E-state index is -0.164. The number of likely N-dealkylation sites (N-methyl/N-ethyl adjacent to an activating group) is 1. The van der Waals surface area contributed by atoms with E-state index in [4.69, 9.17) is 14.2 Å². The second-order valence-corrected chi connectivity index (χ2v) is 6.33. The van der Waals surface area contributed by atoms with Crippen LogP contribution in [0.5, 0.6) is 11.5 Å². The fourth-order valence-corrected chi connectivity index (χ4v) is 3.73. The molecule has 0 N–H and O–H groups in total. The van der Waals surface area contributed by atoms with Gasteiger partial charge in [0.05, 0.1) is 27.8 Å². The summed E-state index contributed by atoms with van der Waals surface area (Å²) in [5, 5.41) is 0. The van der Waals surface area contributed by atoms with Crippen molar-refractivity contribution in [2.24, 2.45) is 0 Å². The van der Waals surface area contributed by atoms with Crippen molar-refractivity contribution in [1.29, 1.82) is 0 Å². The van der Waals surface area contributed by atoms with E-state index in [1.54, 1.807) is 14.2 Å². The van der Waals surface area contributed by atoms with Crippen molar-refractivity contribution in [2.45, 2.75) is 44.6 Å². The minimum absolute atomic E-state index is 0.132. The third kappa shape index (κ3) is 3.83. The number of hydrogen-bond donors (Lipinski definition) is 0. The number of ether oxygens (including phenoxy) is 3. The van der Waals surface area contributed by atoms with E-state index in [2.05, 4.69) is 31.0 Å². The molecule has 0 aliphatic carbocycles. The Labute approximate surface area is 144 Å². The fourth-order valence-electron chi connectivity index (χ4n) is 3.73. The molecule has 0 radical (unpaired) electrons. The van der Waals surface area contributed by atoms with Gasteiger partial charge < -0.3 is 19.1 Å². The van der Waals surface area contributed by atoms with Gasteiger partial charge >= 0.3 is 5.97 Å². The van der Waals surface area contributed by atoms with E-state index in [1.165, 1.54) is 12.7 Å². The first-order valence-corrected chi connectivity index (χ1v) is 8.57. The average Bonchev–Trinajstić information content (AvgIpc) is 2.61. The van der Waals surface area contributed by atoms with E-state index in [0.717, 1.165) is 42.9 Å². The quantitative estimate of drug-likeness (QED) is 0.748. The van der Waals surface area contributed by atoms with Gasteiger partial charge in [-0.3, -0.25) is 4.79 Å². The standard InChI is InChI=1S/C19H29NO4/c1-6-14-17(22-3)10-13(11-18(14)23-4)15-8-7-9-20(2)16(15)12-19(21)24-5/h10-11,15-16H,6-9,12H2,1-5H3/t15-,16+/m0/s1. The Bertz CT molecular complexity index is 547. The van der Waals surface area contributed by atoms with Gasteiger partial charge in [0.1, 0.15) is 11.5 Å². The normalized spacial score (nSPS) is 21.4. The van der Waals surface area contributed by atoms with Crippen molar-refractivity contribution in [1.82, 2.24) is 4.90 Å². The molecular formula is C19H29NO4. The molecule has 1 aromatic carbocycles. The average molecular weight is 335 g/mol. The van der Waals surface area contributed by atoms with Crippen LogP contribution in [0.3, 0.4) is 0 Å². The lowest BCUT2D eigenvalue weighted by Crippen LogP contribution is -2.43. The predicted molar refractivity (Wildman–Crippen MR) is 94.0 cm³/mol. The second-order valence-electron chi connectivity index (χ2n) is 6.33. The molecule has 1 fully saturated rings. The zero-order valence-electron chi connectivity index (χ0n) is 15.4. The van der Waals surface area contributed by atoms with Crippen LogP contribution >= 0.6 is 0 Å². The van der Waals surface area contributed by atoms with Crippen LogP contribution in [-0.2, 0) is 16.0 Å². The molecule has 24 heavy (non-hydrogen) atoms. The van der Waals surface area contributed by atoms with Gasteiger partial charge in [-0.15, -0.1) is 0 Å². The summed E-state index contributed by atoms with van der Waals surface area (Å²) in [4.78, 5) is 14.1. The lowest BCUT2D eigenvalue weighted by molar-refractivity contribution is -0.142. The lowest BCUT2D eigenvalue weighted by Gasteiger charge is -2.39. The van der Waals surface area contributed by atoms with Crippen LogP contribution in [0.25, 0.3) is 0 Å². The summed E-state index contributed by atoms with van der Waals surface area (Å²) in [5.74, 6) is 1.81. The lowest BCUT2D eigenvalue weighted by atomic mass is 9.81. The largest absolute Gasteiger partial charge is 0.496 e. The van der Waals surface area contributed by atoms with Gasteiger partial charge in [0.25, 0.3) is 0 Å². The molecule has 0 bridgehead atoms. The first kappa shape index (κ1) is 18.6. The molecule has 0 unspecified atom stereocenters. The molecule has 0 spiro atoms. The summed E-state index contributed by atoms with van der Waals surface area (Å²) in [6.07, 6.45) is 3.41. The smallest absolute Gasteiger partial charge is 0.307 e. The molecule has 5 heteroatoms. The molecule has 134 valence electrons. The summed E-state index contributed by atoms with van der Waals surface area (Å²) in [5.41, 5.74) is 2.25. The van der Waals surface area contributed by atoms with E-state index in [-0.39, 0.29) is 17.9 Å². The molecule has 2 atom stereocenters. The molecule has 1 aromatic rings. The number of likely N-dealkylation sites (tertiary alicyclic amines) is 1. The first-order valence-electron chi connectivity index (χ1n) is 8.57. The maximum Gasteiger partial charge on any atom is 0.307 e. The molecular weight excluding hydrogens is 306 g/mol. The van der Waals surface area contributed by atoms with Gasteiger partial charge in [0, 0.05) is 17.5 Å². The number of methoxy groups -OCH3 is 3. The van der Waals surface area contributed by atoms with Gasteiger partial charge in [-0.05, 0) is 50.6 Å². The van der Waals surface area contributed by atoms with Gasteiger partial charge in [-0.2, -0.15) is 0 Å². The third-order valence-electron chi connectivity index (χ3n) is 5.07. The summed E-state index contributed by atoms with van der Waals surface area (Å²) < 4.78 is 16.1. The highest BCUT2D eigenvalue weighted by Crippen LogP contribution is 2.39. The van der Waals surface area contributed by atoms with Crippen molar-refractivity contribution < 1.29 is 19.0 Å². The van der Waals surface area contributed by atoms with Gasteiger partial charge in [0.15, 0.2) is 0 Å². The van der Waals surface area contributed by atoms with Gasteiger partial charge in [0.2, 0.25) is 0 Å². The number of hydrogen-bond acceptors (Lipinski definition) is 5. The van der Waals surface area contributed by atoms with E-state index < -0.39 is 0 Å². The Morgan fingerprint density at radius 1 is 1.21 bits per heavy atom. The molecule has 1 aliphatic rings. The van der Waals surface area contributed by atoms with Crippen molar-refractivity contribution in [2.75, 3.05) is 34.9 Å². The summed E-state index contributed by atoms with van der Waals surface area (Å²) in [7, 11) is 6.91. The molecule has 2 rings (SSSR count). The Morgan fingerprint density at radius 2 is 1.83 bits per heavy atom. The van der Waals surface area contributed by atoms with E-state index in [1.807, 2.05) is 0 Å². The van der Waals surface area contributed by atoms with Crippen LogP contribution in [0.15, 0.2) is 12.1 Å². The van der Waals surface area contributed by atoms with E-state index >= 15 is 0 Å². The van der Waals surface area contributed by atoms with Crippen LogP contribution in [-0.4, -0.2) is 51.8 Å². The fraction of sp³-hybridized carbons (Fsp3) is 0.632. The zero-order chi connectivity index (χ0) is 17.7. The van der Waals surface area contributed by atoms with Gasteiger partial charge in [-0.25, -0.2) is 0 Å². The number of rotatable bonds is 6. The Balaban J connectivity index is 2.41. The molecule has 0 aromatic heterocycles. The topological polar surface area (TPSA) is 48.0 Å². The highest BCUT2D eigenvalue weighted by atomic mass is 16.5. The molecule has 0 saturated carbocycles. The van der Waals surface area contributed by atoms with Crippen molar-refractivity contribution >= 4 is 5.97 Å². The van der Waals surface area contributed by atoms with Crippen molar-refractivity contribution in [3.05, 3.63) is 23.3 Å². The number of carbonyl (C=O) groups excluding carboxylic acids is 1. The van der Waals surface area contributed by atoms with Crippen molar-refractivity contribution in [3.63, 3.8) is 0 Å². The monoisotopic (exact) mass is 335 g/mol.